The molecule has 3 aromatic rings. The largest absolute Gasteiger partial charge is 0.344 e. The summed E-state index contributed by atoms with van der Waals surface area (Å²) < 4.78 is 0.912. The molecule has 2 fully saturated rings. The number of carbonyl (C=O) groups is 3. The number of rotatable bonds is 10. The van der Waals surface area contributed by atoms with Crippen LogP contribution in [0.15, 0.2) is 54.6 Å². The van der Waals surface area contributed by atoms with Crippen molar-refractivity contribution < 1.29 is 19.4 Å². The molecule has 2 saturated heterocycles. The van der Waals surface area contributed by atoms with E-state index in [0.717, 1.165) is 28.6 Å². The summed E-state index contributed by atoms with van der Waals surface area (Å²) >= 11 is 2.96. The van der Waals surface area contributed by atoms with Gasteiger partial charge in [0.2, 0.25) is 17.6 Å². The van der Waals surface area contributed by atoms with Gasteiger partial charge in [0, 0.05) is 11.7 Å². The van der Waals surface area contributed by atoms with E-state index in [9.17, 15) is 14.4 Å². The van der Waals surface area contributed by atoms with E-state index >= 15 is 0 Å². The average Bonchev–Trinajstić information content (AvgIpc) is 3.54. The van der Waals surface area contributed by atoms with Crippen molar-refractivity contribution in [1.29, 1.82) is 0 Å². The van der Waals surface area contributed by atoms with Gasteiger partial charge in [-0.1, -0.05) is 42.5 Å². The molecule has 2 aliphatic rings. The van der Waals surface area contributed by atoms with Crippen molar-refractivity contribution in [2.45, 2.75) is 56.0 Å². The molecule has 1 aromatic heterocycles. The number of hydrogen-bond acceptors (Lipinski definition) is 6. The SMILES string of the molecule is C[C@]12CC[C@@H](Cc3ccccc3)C(=O)N1[C@H](C(=O)NC(CCC[NH+]=C(N)N)C(=O)c1nc3ccccc3s1)CS2. The second-order valence-electron chi connectivity index (χ2n) is 10.6. The fraction of sp³-hybridized carbons (Fsp3) is 0.414. The van der Waals surface area contributed by atoms with E-state index in [2.05, 4.69) is 15.3 Å². The van der Waals surface area contributed by atoms with Crippen molar-refractivity contribution in [3.63, 3.8) is 0 Å². The number of nitrogens with zero attached hydrogens (tertiary/aromatic N) is 2. The number of amides is 2. The fourth-order valence-electron chi connectivity index (χ4n) is 5.56. The zero-order valence-electron chi connectivity index (χ0n) is 22.5. The minimum Gasteiger partial charge on any atom is -0.344 e. The van der Waals surface area contributed by atoms with Crippen molar-refractivity contribution in [1.82, 2.24) is 15.2 Å². The number of nitrogens with two attached hydrogens (primary N) is 2. The first-order valence-electron chi connectivity index (χ1n) is 13.6. The average molecular weight is 580 g/mol. The van der Waals surface area contributed by atoms with Crippen LogP contribution < -0.4 is 21.8 Å². The van der Waals surface area contributed by atoms with Crippen LogP contribution in [-0.2, 0) is 16.0 Å². The van der Waals surface area contributed by atoms with Gasteiger partial charge in [-0.05, 0) is 56.7 Å². The van der Waals surface area contributed by atoms with Gasteiger partial charge in [-0.15, -0.1) is 23.1 Å². The van der Waals surface area contributed by atoms with Gasteiger partial charge in [-0.3, -0.25) is 30.8 Å². The third-order valence-corrected chi connectivity index (χ3v) is 10.2. The van der Waals surface area contributed by atoms with Crippen LogP contribution in [0, 0.1) is 5.92 Å². The van der Waals surface area contributed by atoms with Crippen LogP contribution >= 0.6 is 23.1 Å². The van der Waals surface area contributed by atoms with E-state index < -0.39 is 17.0 Å². The summed E-state index contributed by atoms with van der Waals surface area (Å²) in [6.45, 7) is 2.51. The first-order chi connectivity index (χ1) is 19.2. The molecule has 0 spiro atoms. The van der Waals surface area contributed by atoms with Crippen molar-refractivity contribution in [2.75, 3.05) is 12.3 Å². The number of Topliss-reactive ketones (excluding diaryl/α,β-unsaturated/α-hetero) is 1. The van der Waals surface area contributed by atoms with Crippen molar-refractivity contribution in [3.8, 4) is 0 Å². The summed E-state index contributed by atoms with van der Waals surface area (Å²) in [5, 5.41) is 3.35. The first kappa shape index (κ1) is 28.1. The Bertz CT molecular complexity index is 1390. The van der Waals surface area contributed by atoms with Crippen LogP contribution in [0.4, 0.5) is 0 Å². The molecule has 4 atom stereocenters. The highest BCUT2D eigenvalue weighted by molar-refractivity contribution is 8.00. The van der Waals surface area contributed by atoms with Crippen LogP contribution in [0.1, 0.15) is 48.0 Å². The third kappa shape index (κ3) is 6.00. The Balaban J connectivity index is 1.33. The maximum absolute atomic E-state index is 13.8. The number of nitrogens with one attached hydrogen (secondary N) is 2. The van der Waals surface area contributed by atoms with Crippen LogP contribution in [-0.4, -0.2) is 62.7 Å². The number of carbonyl (C=O) groups excluding carboxylic acids is 3. The molecule has 0 radical (unpaired) electrons. The second kappa shape index (κ2) is 12.0. The van der Waals surface area contributed by atoms with E-state index in [4.69, 9.17) is 11.5 Å². The molecule has 2 aliphatic heterocycles. The lowest BCUT2D eigenvalue weighted by atomic mass is 9.86. The number of para-hydroxylation sites is 1. The lowest BCUT2D eigenvalue weighted by Crippen LogP contribution is -2.78. The van der Waals surface area contributed by atoms with Gasteiger partial charge in [0.15, 0.2) is 5.01 Å². The zero-order valence-corrected chi connectivity index (χ0v) is 24.1. The standard InChI is InChI=1S/C29H34N6O3S2/c1-29-14-13-19(16-18-8-3-2-4-9-18)27(38)35(29)22(17-39-29)25(37)33-21(11-7-15-32-28(30)31)24(36)26-34-20-10-5-6-12-23(20)40-26/h2-6,8-10,12,19,21-22H,7,11,13-17H2,1H3,(H,33,37)(H4,30,31,32)/p+1/t19-,21?,22-,29-/m0/s1. The lowest BCUT2D eigenvalue weighted by Gasteiger charge is -2.44. The molecular formula is C29H35N6O3S2+. The lowest BCUT2D eigenvalue weighted by molar-refractivity contribution is -0.459. The van der Waals surface area contributed by atoms with E-state index in [0.29, 0.717) is 36.6 Å². The number of fused-ring (bicyclic) bond motifs is 2. The number of piperidine rings is 1. The quantitative estimate of drug-likeness (QED) is 0.123. The predicted molar refractivity (Wildman–Crippen MR) is 159 cm³/mol. The van der Waals surface area contributed by atoms with Crippen molar-refractivity contribution in [2.24, 2.45) is 17.4 Å². The number of benzene rings is 2. The number of aromatic nitrogens is 1. The molecule has 5 rings (SSSR count). The number of hydrogen-bond donors (Lipinski definition) is 4. The number of guanidine groups is 1. The maximum atomic E-state index is 13.8. The smallest absolute Gasteiger partial charge is 0.338 e. The number of ketones is 1. The van der Waals surface area contributed by atoms with Gasteiger partial charge in [0.05, 0.1) is 27.7 Å². The van der Waals surface area contributed by atoms with Gasteiger partial charge in [-0.25, -0.2) is 4.98 Å². The molecule has 2 amide bonds. The van der Waals surface area contributed by atoms with Crippen LogP contribution in [0.5, 0.6) is 0 Å². The molecule has 210 valence electrons. The third-order valence-electron chi connectivity index (χ3n) is 7.68. The zero-order chi connectivity index (χ0) is 28.3. The predicted octanol–water partition coefficient (Wildman–Crippen LogP) is 1.41. The number of thiazole rings is 1. The summed E-state index contributed by atoms with van der Waals surface area (Å²) in [7, 11) is 0. The van der Waals surface area contributed by atoms with E-state index in [1.807, 2.05) is 61.5 Å². The van der Waals surface area contributed by atoms with Gasteiger partial charge < -0.3 is 10.2 Å². The summed E-state index contributed by atoms with van der Waals surface area (Å²) in [4.78, 5) is 49.9. The molecule has 1 unspecified atom stereocenters. The Hall–Kier alpha value is -3.44. The van der Waals surface area contributed by atoms with Crippen LogP contribution in [0.2, 0.25) is 0 Å². The van der Waals surface area contributed by atoms with Gasteiger partial charge in [0.1, 0.15) is 6.04 Å². The molecule has 11 heteroatoms. The fourth-order valence-corrected chi connectivity index (χ4v) is 7.95. The molecule has 9 nitrogen and oxygen atoms in total. The van der Waals surface area contributed by atoms with Crippen LogP contribution in [0.3, 0.4) is 0 Å². The molecule has 40 heavy (non-hydrogen) atoms. The molecular weight excluding hydrogens is 544 g/mol. The maximum Gasteiger partial charge on any atom is 0.338 e. The van der Waals surface area contributed by atoms with E-state index in [1.54, 1.807) is 16.7 Å². The Kier molecular flexibility index (Phi) is 8.41. The van der Waals surface area contributed by atoms with Crippen molar-refractivity contribution >= 4 is 56.9 Å². The molecule has 0 saturated carbocycles. The number of thioether (sulfide) groups is 1. The highest BCUT2D eigenvalue weighted by Gasteiger charge is 2.53. The van der Waals surface area contributed by atoms with E-state index in [-0.39, 0.29) is 29.5 Å². The normalized spacial score (nSPS) is 23.0. The summed E-state index contributed by atoms with van der Waals surface area (Å²) in [6.07, 6.45) is 3.19. The summed E-state index contributed by atoms with van der Waals surface area (Å²) in [5.74, 6) is -0.103. The highest BCUT2D eigenvalue weighted by Crippen LogP contribution is 2.47. The highest BCUT2D eigenvalue weighted by atomic mass is 32.2. The molecule has 2 aromatic carbocycles. The van der Waals surface area contributed by atoms with Gasteiger partial charge >= 0.3 is 5.96 Å². The Labute approximate surface area is 241 Å². The Morgan fingerprint density at radius 3 is 2.67 bits per heavy atom. The topological polar surface area (TPSA) is 145 Å². The molecule has 6 N–H and O–H groups in total. The molecule has 3 heterocycles. The van der Waals surface area contributed by atoms with Gasteiger partial charge in [-0.2, -0.15) is 0 Å². The Morgan fingerprint density at radius 2 is 1.93 bits per heavy atom. The van der Waals surface area contributed by atoms with Gasteiger partial charge in [0.25, 0.3) is 0 Å². The van der Waals surface area contributed by atoms with Crippen LogP contribution in [0.25, 0.3) is 10.2 Å². The summed E-state index contributed by atoms with van der Waals surface area (Å²) in [5.41, 5.74) is 12.9. The van der Waals surface area contributed by atoms with Crippen molar-refractivity contribution in [3.05, 3.63) is 65.2 Å². The Morgan fingerprint density at radius 1 is 1.18 bits per heavy atom. The second-order valence-corrected chi connectivity index (χ2v) is 13.1. The van der Waals surface area contributed by atoms with E-state index in [1.165, 1.54) is 11.3 Å². The minimum atomic E-state index is -0.786. The first-order valence-corrected chi connectivity index (χ1v) is 15.4. The minimum absolute atomic E-state index is 0.00922. The molecule has 0 bridgehead atoms. The monoisotopic (exact) mass is 579 g/mol. The summed E-state index contributed by atoms with van der Waals surface area (Å²) in [6, 6.07) is 16.1. The molecule has 0 aliphatic carbocycles.